The number of imide groups is 1. The number of hydrogen-bond acceptors (Lipinski definition) is 9. The Bertz CT molecular complexity index is 2930. The molecule has 15 nitrogen and oxygen atoms in total. The number of rotatable bonds is 10. The first-order valence-corrected chi connectivity index (χ1v) is 27.3. The van der Waals surface area contributed by atoms with Crippen molar-refractivity contribution in [1.29, 1.82) is 0 Å². The van der Waals surface area contributed by atoms with Gasteiger partial charge in [-0.05, 0) is 150 Å². The Kier molecular flexibility index (Phi) is 13.3. The summed E-state index contributed by atoms with van der Waals surface area (Å²) in [5, 5.41) is 23.7. The fourth-order valence-electron chi connectivity index (χ4n) is 14.8. The molecule has 388 valence electrons. The van der Waals surface area contributed by atoms with Gasteiger partial charge in [0.2, 0.25) is 23.6 Å². The van der Waals surface area contributed by atoms with Crippen LogP contribution in [0.3, 0.4) is 0 Å². The van der Waals surface area contributed by atoms with E-state index in [1.165, 1.54) is 10.6 Å². The number of likely N-dealkylation sites (tertiary alicyclic amines) is 1. The summed E-state index contributed by atoms with van der Waals surface area (Å²) in [5.41, 5.74) is 0.712. The van der Waals surface area contributed by atoms with Crippen molar-refractivity contribution >= 4 is 75.2 Å². The van der Waals surface area contributed by atoms with Crippen molar-refractivity contribution in [2.24, 2.45) is 24.3 Å². The quantitative estimate of drug-likeness (QED) is 0.0993. The van der Waals surface area contributed by atoms with Crippen LogP contribution < -0.4 is 31.9 Å². The molecule has 4 atom stereocenters. The second kappa shape index (κ2) is 19.4. The lowest BCUT2D eigenvalue weighted by atomic mass is 9.55. The molecule has 2 spiro atoms. The van der Waals surface area contributed by atoms with Crippen LogP contribution in [0.2, 0.25) is 10.0 Å². The molecule has 6 heterocycles. The van der Waals surface area contributed by atoms with Crippen molar-refractivity contribution < 1.29 is 33.5 Å². The minimum atomic E-state index is -1.29. The van der Waals surface area contributed by atoms with E-state index >= 15 is 4.39 Å². The third-order valence-electron chi connectivity index (χ3n) is 18.5. The number of hydrogen-bond donors (Lipinski definition) is 5. The topological polar surface area (TPSA) is 187 Å². The molecule has 73 heavy (non-hydrogen) atoms. The van der Waals surface area contributed by atoms with Crippen LogP contribution in [-0.2, 0) is 36.4 Å². The largest absolute Gasteiger partial charge is 0.481 e. The molecule has 1 unspecified atom stereocenters. The molecule has 18 heteroatoms. The van der Waals surface area contributed by atoms with Crippen LogP contribution >= 0.6 is 23.2 Å². The number of fused-ring (bicyclic) bond motifs is 4. The number of aliphatic carboxylic acids is 1. The predicted molar refractivity (Wildman–Crippen MR) is 276 cm³/mol. The smallest absolute Gasteiger partial charge is 0.329 e. The highest BCUT2D eigenvalue weighted by Gasteiger charge is 2.72. The average molecular weight is 1040 g/mol. The zero-order valence-electron chi connectivity index (χ0n) is 41.3. The SMILES string of the molecule is Cn1c(=O)n(C2CCC(=O)NC2=O)c2ccc(N3CCC(CC4(C(=O)O)CCN(CC5CCC(NC(=O)[C@@H]6NC7(CCCCC7)[C@@]7(C(=O)Nc8cc(Cl)ccc87)[C@H]6c6cccc(Cl)c6F)CC5)CC4)CC3)cc21. The summed E-state index contributed by atoms with van der Waals surface area (Å²) in [4.78, 5) is 85.2. The van der Waals surface area contributed by atoms with Gasteiger partial charge >= 0.3 is 11.7 Å². The van der Waals surface area contributed by atoms with Gasteiger partial charge in [0.15, 0.2) is 0 Å². The van der Waals surface area contributed by atoms with Gasteiger partial charge in [0.1, 0.15) is 17.3 Å². The number of aryl methyl sites for hydroxylation is 1. The number of amides is 4. The summed E-state index contributed by atoms with van der Waals surface area (Å²) in [6.45, 7) is 3.86. The summed E-state index contributed by atoms with van der Waals surface area (Å²) < 4.78 is 19.5. The Morgan fingerprint density at radius 3 is 2.27 bits per heavy atom. The second-order valence-electron chi connectivity index (χ2n) is 22.4. The number of nitrogens with one attached hydrogen (secondary N) is 4. The van der Waals surface area contributed by atoms with E-state index in [2.05, 4.69) is 31.1 Å². The van der Waals surface area contributed by atoms with E-state index in [9.17, 15) is 33.9 Å². The normalized spacial score (nSPS) is 28.4. The fourth-order valence-corrected chi connectivity index (χ4v) is 15.1. The second-order valence-corrected chi connectivity index (χ2v) is 23.3. The monoisotopic (exact) mass is 1040 g/mol. The first-order valence-electron chi connectivity index (χ1n) is 26.5. The maximum absolute atomic E-state index is 16.4. The van der Waals surface area contributed by atoms with Crippen molar-refractivity contribution in [3.8, 4) is 0 Å². The standard InChI is InChI=1S/C55H65Cl2FN8O7/c1-63-43-29-36(13-15-41(43)66(52(63)73)42-16-17-44(67)61-48(42)68)65-24-18-32(19-25-65)30-53(51(71)72)22-26-64(27-23-53)31-33-8-11-35(12-9-33)59-49(69)47-45(37-6-5-7-39(57)46(37)58)55(54(62-47)20-3-2-4-21-54)38-14-10-34(56)28-40(38)60-50(55)70/h5-7,10,13-15,28-29,32-33,35,42,45,47,62H,2-4,8-9,11-12,16-27,30-31H2,1H3,(H,59,69)(H,60,70)(H,71,72)(H,61,67,68)/t33?,35?,42?,45-,47+,55+/m0/s1. The third-order valence-corrected chi connectivity index (χ3v) is 19.1. The molecule has 1 aromatic heterocycles. The molecular formula is C55H65Cl2FN8O7. The maximum atomic E-state index is 16.4. The minimum absolute atomic E-state index is 0.0599. The predicted octanol–water partition coefficient (Wildman–Crippen LogP) is 7.56. The number of aromatic nitrogens is 2. The van der Waals surface area contributed by atoms with Crippen LogP contribution in [0.4, 0.5) is 15.8 Å². The van der Waals surface area contributed by atoms with Gasteiger partial charge in [0.05, 0.1) is 27.5 Å². The first-order chi connectivity index (χ1) is 35.1. The lowest BCUT2D eigenvalue weighted by Crippen LogP contribution is -2.60. The van der Waals surface area contributed by atoms with E-state index in [4.69, 9.17) is 23.2 Å². The number of benzene rings is 3. The molecule has 2 saturated carbocycles. The van der Waals surface area contributed by atoms with E-state index < -0.39 is 52.1 Å². The van der Waals surface area contributed by atoms with Gasteiger partial charge in [-0.1, -0.05) is 60.7 Å². The number of carboxylic acids is 1. The van der Waals surface area contributed by atoms with Gasteiger partial charge in [-0.2, -0.15) is 0 Å². The molecule has 4 saturated heterocycles. The van der Waals surface area contributed by atoms with Crippen LogP contribution in [0.1, 0.15) is 126 Å². The van der Waals surface area contributed by atoms with Crippen LogP contribution in [0.25, 0.3) is 11.0 Å². The Labute approximate surface area is 433 Å². The van der Waals surface area contributed by atoms with Gasteiger partial charge in [0.25, 0.3) is 0 Å². The first kappa shape index (κ1) is 49.9. The molecule has 5 aliphatic heterocycles. The van der Waals surface area contributed by atoms with Crippen molar-refractivity contribution in [3.05, 3.63) is 92.1 Å². The molecule has 4 aromatic rings. The summed E-state index contributed by atoms with van der Waals surface area (Å²) >= 11 is 12.9. The highest BCUT2D eigenvalue weighted by molar-refractivity contribution is 6.31. The van der Waals surface area contributed by atoms with E-state index in [1.54, 1.807) is 35.9 Å². The number of halogens is 3. The van der Waals surface area contributed by atoms with Crippen molar-refractivity contribution in [2.45, 2.75) is 138 Å². The van der Waals surface area contributed by atoms with Crippen LogP contribution in [0, 0.1) is 23.1 Å². The third kappa shape index (κ3) is 8.55. The van der Waals surface area contributed by atoms with Crippen LogP contribution in [0.15, 0.2) is 59.4 Å². The highest BCUT2D eigenvalue weighted by Crippen LogP contribution is 2.63. The van der Waals surface area contributed by atoms with Gasteiger partial charge in [-0.25, -0.2) is 9.18 Å². The zero-order valence-corrected chi connectivity index (χ0v) is 42.8. The Hall–Kier alpha value is -5.29. The lowest BCUT2D eigenvalue weighted by Gasteiger charge is -2.47. The Morgan fingerprint density at radius 1 is 0.822 bits per heavy atom. The van der Waals surface area contributed by atoms with E-state index in [-0.39, 0.29) is 58.8 Å². The molecule has 4 amide bonds. The molecule has 11 rings (SSSR count). The van der Waals surface area contributed by atoms with Crippen molar-refractivity contribution in [3.63, 3.8) is 0 Å². The average Bonchev–Trinajstić information content (AvgIpc) is 3.94. The minimum Gasteiger partial charge on any atom is -0.481 e. The summed E-state index contributed by atoms with van der Waals surface area (Å²) in [6, 6.07) is 14.3. The number of imidazole rings is 1. The maximum Gasteiger partial charge on any atom is 0.329 e. The summed E-state index contributed by atoms with van der Waals surface area (Å²) in [6.07, 6.45) is 11.4. The molecule has 5 N–H and O–H groups in total. The number of carbonyl (C=O) groups is 5. The molecule has 0 bridgehead atoms. The Morgan fingerprint density at radius 2 is 1.56 bits per heavy atom. The van der Waals surface area contributed by atoms with E-state index in [1.807, 2.05) is 24.3 Å². The molecule has 0 radical (unpaired) electrons. The van der Waals surface area contributed by atoms with Crippen molar-refractivity contribution in [2.75, 3.05) is 42.9 Å². The molecular weight excluding hydrogens is 975 g/mol. The number of piperidine rings is 3. The number of carbonyl (C=O) groups excluding carboxylic acids is 4. The van der Waals surface area contributed by atoms with Crippen molar-refractivity contribution in [1.82, 2.24) is 30.0 Å². The highest BCUT2D eigenvalue weighted by atomic mass is 35.5. The van der Waals surface area contributed by atoms with E-state index in [0.29, 0.717) is 59.8 Å². The number of carboxylic acid groups (broad SMARTS) is 1. The summed E-state index contributed by atoms with van der Waals surface area (Å²) in [5.74, 6) is -2.84. The van der Waals surface area contributed by atoms with Gasteiger partial charge < -0.3 is 25.5 Å². The number of nitrogens with zero attached hydrogens (tertiary/aromatic N) is 4. The van der Waals surface area contributed by atoms with E-state index in [0.717, 1.165) is 102 Å². The zero-order chi connectivity index (χ0) is 51.0. The molecule has 6 fully saturated rings. The van der Waals surface area contributed by atoms with Gasteiger partial charge in [0, 0.05) is 67.0 Å². The Balaban J connectivity index is 0.701. The lowest BCUT2D eigenvalue weighted by molar-refractivity contribution is -0.154. The van der Waals surface area contributed by atoms with Crippen LogP contribution in [-0.4, -0.2) is 99.1 Å². The fraction of sp³-hybridized carbons (Fsp3) is 0.564. The number of anilines is 2. The molecule has 7 aliphatic rings. The van der Waals surface area contributed by atoms with Gasteiger partial charge in [-0.3, -0.25) is 43.7 Å². The molecule has 3 aromatic carbocycles. The summed E-state index contributed by atoms with van der Waals surface area (Å²) in [7, 11) is 1.70. The van der Waals surface area contributed by atoms with Crippen LogP contribution in [0.5, 0.6) is 0 Å². The molecule has 2 aliphatic carbocycles. The van der Waals surface area contributed by atoms with Gasteiger partial charge in [-0.15, -0.1) is 0 Å².